The first kappa shape index (κ1) is 20.5. The lowest BCUT2D eigenvalue weighted by Gasteiger charge is -2.27. The van der Waals surface area contributed by atoms with E-state index in [0.717, 1.165) is 35.7 Å². The number of likely N-dealkylation sites (tertiary alicyclic amines) is 1. The van der Waals surface area contributed by atoms with E-state index in [1.807, 2.05) is 25.1 Å². The number of nitrogens with zero attached hydrogens (tertiary/aromatic N) is 1. The van der Waals surface area contributed by atoms with Crippen molar-refractivity contribution in [2.45, 2.75) is 58.6 Å². The molecule has 1 aromatic carbocycles. The smallest absolute Gasteiger partial charge is 0.260 e. The predicted molar refractivity (Wildman–Crippen MR) is 111 cm³/mol. The van der Waals surface area contributed by atoms with Gasteiger partial charge in [-0.25, -0.2) is 0 Å². The number of carbonyl (C=O) groups excluding carboxylic acids is 1. The van der Waals surface area contributed by atoms with Gasteiger partial charge in [-0.15, -0.1) is 0 Å². The Morgan fingerprint density at radius 1 is 1.21 bits per heavy atom. The largest absolute Gasteiger partial charge is 0.481 e. The number of nitrogens with one attached hydrogen (secondary N) is 1. The number of benzene rings is 1. The Morgan fingerprint density at radius 2 is 1.96 bits per heavy atom. The van der Waals surface area contributed by atoms with Crippen LogP contribution in [-0.4, -0.2) is 36.5 Å². The van der Waals surface area contributed by atoms with Crippen LogP contribution in [0.4, 0.5) is 0 Å². The normalized spacial score (nSPS) is 16.9. The Morgan fingerprint density at radius 3 is 2.61 bits per heavy atom. The average Bonchev–Trinajstić information content (AvgIpc) is 3.36. The molecule has 1 aromatic heterocycles. The lowest BCUT2D eigenvalue weighted by molar-refractivity contribution is -0.127. The van der Waals surface area contributed by atoms with Gasteiger partial charge in [0.05, 0.1) is 12.3 Å². The Bertz CT molecular complexity index is 764. The molecule has 2 heterocycles. The summed E-state index contributed by atoms with van der Waals surface area (Å²) in [5.41, 5.74) is 2.25. The van der Waals surface area contributed by atoms with Gasteiger partial charge in [-0.1, -0.05) is 26.0 Å². The van der Waals surface area contributed by atoms with Crippen LogP contribution < -0.4 is 10.1 Å². The Hall–Kier alpha value is -2.27. The molecule has 0 unspecified atom stereocenters. The van der Waals surface area contributed by atoms with Gasteiger partial charge in [0, 0.05) is 6.54 Å². The first-order valence-electron chi connectivity index (χ1n) is 10.3. The van der Waals surface area contributed by atoms with Gasteiger partial charge in [0.15, 0.2) is 6.10 Å². The van der Waals surface area contributed by atoms with Gasteiger partial charge in [0.25, 0.3) is 5.91 Å². The molecule has 0 aliphatic carbocycles. The lowest BCUT2D eigenvalue weighted by Crippen LogP contribution is -2.42. The number of ether oxygens (including phenoxy) is 1. The van der Waals surface area contributed by atoms with Crippen LogP contribution in [0, 0.1) is 6.92 Å². The van der Waals surface area contributed by atoms with Crippen LogP contribution >= 0.6 is 0 Å². The second kappa shape index (κ2) is 9.28. The Kier molecular flexibility index (Phi) is 6.79. The van der Waals surface area contributed by atoms with Crippen molar-refractivity contribution in [2.24, 2.45) is 0 Å². The summed E-state index contributed by atoms with van der Waals surface area (Å²) in [6.07, 6.45) is 3.51. The third-order valence-electron chi connectivity index (χ3n) is 5.39. The molecule has 1 fully saturated rings. The molecular formula is C23H32N2O3. The van der Waals surface area contributed by atoms with E-state index in [1.165, 1.54) is 12.8 Å². The van der Waals surface area contributed by atoms with Gasteiger partial charge in [0.1, 0.15) is 11.5 Å². The van der Waals surface area contributed by atoms with Crippen molar-refractivity contribution in [3.8, 4) is 5.75 Å². The van der Waals surface area contributed by atoms with Crippen molar-refractivity contribution in [1.82, 2.24) is 10.2 Å². The molecule has 0 bridgehead atoms. The van der Waals surface area contributed by atoms with Crippen molar-refractivity contribution in [1.29, 1.82) is 0 Å². The number of hydrogen-bond donors (Lipinski definition) is 1. The summed E-state index contributed by atoms with van der Waals surface area (Å²) in [7, 11) is 0. The number of rotatable bonds is 8. The summed E-state index contributed by atoms with van der Waals surface area (Å²) in [6.45, 7) is 10.7. The summed E-state index contributed by atoms with van der Waals surface area (Å²) < 4.78 is 11.7. The van der Waals surface area contributed by atoms with E-state index >= 15 is 0 Å². The van der Waals surface area contributed by atoms with Crippen LogP contribution in [0.15, 0.2) is 41.0 Å². The molecule has 0 spiro atoms. The first-order valence-corrected chi connectivity index (χ1v) is 10.3. The molecule has 1 amide bonds. The standard InChI is InChI=1S/C23H32N2O3/c1-16(2)19-10-9-17(3)14-22(19)28-18(4)23(26)24-15-20(21-8-7-13-27-21)25-11-5-6-12-25/h7-10,13-14,16,18,20H,5-6,11-12,15H2,1-4H3,(H,24,26)/t18-,20+/m0/s1. The zero-order chi connectivity index (χ0) is 20.1. The fourth-order valence-corrected chi connectivity index (χ4v) is 3.75. The second-order valence-corrected chi connectivity index (χ2v) is 7.98. The summed E-state index contributed by atoms with van der Waals surface area (Å²) in [4.78, 5) is 15.1. The van der Waals surface area contributed by atoms with Gasteiger partial charge < -0.3 is 14.5 Å². The van der Waals surface area contributed by atoms with Gasteiger partial charge in [-0.3, -0.25) is 9.69 Å². The highest BCUT2D eigenvalue weighted by Gasteiger charge is 2.27. The van der Waals surface area contributed by atoms with E-state index in [0.29, 0.717) is 12.5 Å². The highest BCUT2D eigenvalue weighted by atomic mass is 16.5. The van der Waals surface area contributed by atoms with Crippen LogP contribution in [-0.2, 0) is 4.79 Å². The molecule has 0 radical (unpaired) electrons. The third-order valence-corrected chi connectivity index (χ3v) is 5.39. The van der Waals surface area contributed by atoms with E-state index in [4.69, 9.17) is 9.15 Å². The molecule has 0 saturated carbocycles. The number of carbonyl (C=O) groups is 1. The van der Waals surface area contributed by atoms with Crippen molar-refractivity contribution < 1.29 is 13.9 Å². The molecule has 2 atom stereocenters. The monoisotopic (exact) mass is 384 g/mol. The fraction of sp³-hybridized carbons (Fsp3) is 0.522. The number of aryl methyl sites for hydroxylation is 1. The van der Waals surface area contributed by atoms with Crippen molar-refractivity contribution >= 4 is 5.91 Å². The molecule has 3 rings (SSSR count). The number of furan rings is 1. The number of amides is 1. The van der Waals surface area contributed by atoms with E-state index in [9.17, 15) is 4.79 Å². The topological polar surface area (TPSA) is 54.7 Å². The van der Waals surface area contributed by atoms with Crippen LogP contribution in [0.5, 0.6) is 5.75 Å². The van der Waals surface area contributed by atoms with Crippen LogP contribution in [0.1, 0.15) is 62.5 Å². The SMILES string of the molecule is Cc1ccc(C(C)C)c(O[C@@H](C)C(=O)NC[C@H](c2ccco2)N2CCCC2)c1. The summed E-state index contributed by atoms with van der Waals surface area (Å²) in [5.74, 6) is 1.92. The Balaban J connectivity index is 1.63. The molecule has 1 aliphatic rings. The molecular weight excluding hydrogens is 352 g/mol. The molecule has 1 saturated heterocycles. The van der Waals surface area contributed by atoms with Crippen molar-refractivity contribution in [3.63, 3.8) is 0 Å². The Labute approximate surface area is 168 Å². The zero-order valence-electron chi connectivity index (χ0n) is 17.4. The molecule has 2 aromatic rings. The van der Waals surface area contributed by atoms with Crippen molar-refractivity contribution in [2.75, 3.05) is 19.6 Å². The first-order chi connectivity index (χ1) is 13.5. The van der Waals surface area contributed by atoms with E-state index in [-0.39, 0.29) is 11.9 Å². The fourth-order valence-electron chi connectivity index (χ4n) is 3.75. The average molecular weight is 385 g/mol. The molecule has 28 heavy (non-hydrogen) atoms. The molecule has 5 nitrogen and oxygen atoms in total. The maximum absolute atomic E-state index is 12.7. The van der Waals surface area contributed by atoms with Gasteiger partial charge in [0.2, 0.25) is 0 Å². The highest BCUT2D eigenvalue weighted by Crippen LogP contribution is 2.28. The van der Waals surface area contributed by atoms with Crippen LogP contribution in [0.25, 0.3) is 0 Å². The van der Waals surface area contributed by atoms with Gasteiger partial charge >= 0.3 is 0 Å². The lowest BCUT2D eigenvalue weighted by atomic mass is 10.0. The van der Waals surface area contributed by atoms with Gasteiger partial charge in [-0.05, 0) is 75.0 Å². The minimum atomic E-state index is -0.560. The second-order valence-electron chi connectivity index (χ2n) is 7.98. The van der Waals surface area contributed by atoms with Crippen LogP contribution in [0.2, 0.25) is 0 Å². The number of hydrogen-bond acceptors (Lipinski definition) is 4. The predicted octanol–water partition coefficient (Wildman–Crippen LogP) is 4.43. The third kappa shape index (κ3) is 4.96. The minimum absolute atomic E-state index is 0.0684. The molecule has 152 valence electrons. The molecule has 5 heteroatoms. The van der Waals surface area contributed by atoms with E-state index in [1.54, 1.807) is 13.2 Å². The highest BCUT2D eigenvalue weighted by molar-refractivity contribution is 5.80. The maximum Gasteiger partial charge on any atom is 0.260 e. The van der Waals surface area contributed by atoms with E-state index in [2.05, 4.69) is 36.2 Å². The summed E-state index contributed by atoms with van der Waals surface area (Å²) >= 11 is 0. The quantitative estimate of drug-likeness (QED) is 0.731. The van der Waals surface area contributed by atoms with E-state index < -0.39 is 6.10 Å². The molecule has 1 N–H and O–H groups in total. The molecule has 1 aliphatic heterocycles. The minimum Gasteiger partial charge on any atom is -0.481 e. The summed E-state index contributed by atoms with van der Waals surface area (Å²) in [6, 6.07) is 10.1. The van der Waals surface area contributed by atoms with Crippen LogP contribution in [0.3, 0.4) is 0 Å². The van der Waals surface area contributed by atoms with Gasteiger partial charge in [-0.2, -0.15) is 0 Å². The van der Waals surface area contributed by atoms with Crippen molar-refractivity contribution in [3.05, 3.63) is 53.5 Å². The zero-order valence-corrected chi connectivity index (χ0v) is 17.4. The maximum atomic E-state index is 12.7. The summed E-state index contributed by atoms with van der Waals surface area (Å²) in [5, 5.41) is 3.07.